The maximum Gasteiger partial charge on any atom is 0.434 e. The van der Waals surface area contributed by atoms with Crippen molar-refractivity contribution in [2.45, 2.75) is 12.8 Å². The fourth-order valence-corrected chi connectivity index (χ4v) is 4.17. The molecule has 0 aliphatic heterocycles. The number of ether oxygens (including phenoxy) is 2. The summed E-state index contributed by atoms with van der Waals surface area (Å²) in [7, 11) is 1.57. The first kappa shape index (κ1) is 21.7. The van der Waals surface area contributed by atoms with Gasteiger partial charge in [0.25, 0.3) is 0 Å². The summed E-state index contributed by atoms with van der Waals surface area (Å²) < 4.78 is 49.9. The Hall–Kier alpha value is -3.49. The van der Waals surface area contributed by atoms with Crippen molar-refractivity contribution >= 4 is 28.4 Å². The lowest BCUT2D eigenvalue weighted by Gasteiger charge is -2.09. The van der Waals surface area contributed by atoms with Crippen LogP contribution in [0.2, 0.25) is 0 Å². The van der Waals surface area contributed by atoms with Crippen LogP contribution >= 0.6 is 22.7 Å². The van der Waals surface area contributed by atoms with Gasteiger partial charge in [-0.1, -0.05) is 12.1 Å². The van der Waals surface area contributed by atoms with Gasteiger partial charge in [-0.2, -0.15) is 29.5 Å². The number of rotatable bonds is 6. The number of thiazole rings is 1. The van der Waals surface area contributed by atoms with Gasteiger partial charge < -0.3 is 9.47 Å². The van der Waals surface area contributed by atoms with E-state index in [4.69, 9.17) is 16.0 Å². The van der Waals surface area contributed by atoms with Crippen molar-refractivity contribution in [3.8, 4) is 33.0 Å². The molecule has 0 amide bonds. The van der Waals surface area contributed by atoms with Gasteiger partial charge in [0.2, 0.25) is 5.88 Å². The zero-order chi connectivity index (χ0) is 22.7. The molecule has 162 valence electrons. The summed E-state index contributed by atoms with van der Waals surface area (Å²) in [5.41, 5.74) is 0.731. The number of aromatic nitrogens is 3. The molecule has 0 aliphatic carbocycles. The first-order chi connectivity index (χ1) is 15.4. The van der Waals surface area contributed by atoms with Crippen molar-refractivity contribution in [1.29, 1.82) is 0 Å². The number of halogens is 3. The molecule has 3 aromatic heterocycles. The third-order valence-electron chi connectivity index (χ3n) is 4.20. The topological polar surface area (TPSA) is 61.5 Å². The van der Waals surface area contributed by atoms with Crippen molar-refractivity contribution < 1.29 is 22.6 Å². The second-order valence-electron chi connectivity index (χ2n) is 6.37. The van der Waals surface area contributed by atoms with Crippen LogP contribution in [0.3, 0.4) is 0 Å². The van der Waals surface area contributed by atoms with Gasteiger partial charge in [0, 0.05) is 16.3 Å². The lowest BCUT2D eigenvalue weighted by molar-refractivity contribution is -0.140. The highest BCUT2D eigenvalue weighted by molar-refractivity contribution is 7.14. The monoisotopic (exact) mass is 474 g/mol. The number of alkyl halides is 3. The zero-order valence-electron chi connectivity index (χ0n) is 16.4. The van der Waals surface area contributed by atoms with Crippen LogP contribution in [0.15, 0.2) is 47.2 Å². The van der Waals surface area contributed by atoms with Gasteiger partial charge in [-0.05, 0) is 29.1 Å². The molecule has 4 rings (SSSR count). The van der Waals surface area contributed by atoms with Crippen LogP contribution in [0.25, 0.3) is 26.2 Å². The van der Waals surface area contributed by atoms with Crippen LogP contribution in [0.4, 0.5) is 18.9 Å². The summed E-state index contributed by atoms with van der Waals surface area (Å²) in [5, 5.41) is 2.62. The summed E-state index contributed by atoms with van der Waals surface area (Å²) in [6.07, 6.45) is -4.56. The SMILES string of the molecule is [C-]#[N+]c1csc(-c2cc(OCc3ccc(OC)cc3)nc(-c3nc(C(F)(F)F)cs3)n2)c1. The molecule has 0 fully saturated rings. The van der Waals surface area contributed by atoms with Gasteiger partial charge in [-0.25, -0.2) is 14.8 Å². The van der Waals surface area contributed by atoms with Crippen molar-refractivity contribution in [3.63, 3.8) is 0 Å². The molecule has 0 unspecified atom stereocenters. The minimum absolute atomic E-state index is 0.0190. The standard InChI is InChI=1S/C21H13F3N4O2S2/c1-25-13-7-16(31-10-13)15-8-18(30-9-12-3-5-14(29-2)6-4-12)28-19(26-15)20-27-17(11-32-20)21(22,23)24/h3-8,10-11H,9H2,2H3. The van der Waals surface area contributed by atoms with Crippen LogP contribution in [0, 0.1) is 6.57 Å². The zero-order valence-corrected chi connectivity index (χ0v) is 18.0. The molecule has 0 saturated carbocycles. The normalized spacial score (nSPS) is 11.2. The lowest BCUT2D eigenvalue weighted by atomic mass is 10.2. The third kappa shape index (κ3) is 4.87. The van der Waals surface area contributed by atoms with Gasteiger partial charge in [-0.3, -0.25) is 0 Å². The van der Waals surface area contributed by atoms with E-state index in [9.17, 15) is 13.2 Å². The predicted octanol–water partition coefficient (Wildman–Crippen LogP) is 6.49. The maximum absolute atomic E-state index is 13.0. The lowest BCUT2D eigenvalue weighted by Crippen LogP contribution is -2.05. The van der Waals surface area contributed by atoms with E-state index < -0.39 is 11.9 Å². The van der Waals surface area contributed by atoms with Gasteiger partial charge in [0.1, 0.15) is 12.4 Å². The number of thiophene rings is 1. The molecule has 0 spiro atoms. The van der Waals surface area contributed by atoms with Crippen molar-refractivity contribution in [1.82, 2.24) is 15.0 Å². The molecule has 6 nitrogen and oxygen atoms in total. The Labute approximate surface area is 188 Å². The van der Waals surface area contributed by atoms with Gasteiger partial charge in [0.05, 0.1) is 19.4 Å². The molecular formula is C21H13F3N4O2S2. The number of hydrogen-bond acceptors (Lipinski definition) is 7. The Bertz CT molecular complexity index is 1280. The molecule has 0 aliphatic rings. The average molecular weight is 474 g/mol. The summed E-state index contributed by atoms with van der Waals surface area (Å²) >= 11 is 2.10. The maximum atomic E-state index is 13.0. The van der Waals surface area contributed by atoms with E-state index in [0.717, 1.165) is 22.3 Å². The van der Waals surface area contributed by atoms with Crippen LogP contribution < -0.4 is 9.47 Å². The fraction of sp³-hybridized carbons (Fsp3) is 0.143. The van der Waals surface area contributed by atoms with E-state index in [1.807, 2.05) is 12.1 Å². The van der Waals surface area contributed by atoms with Gasteiger partial charge >= 0.3 is 6.18 Å². The van der Waals surface area contributed by atoms with E-state index in [2.05, 4.69) is 19.8 Å². The molecular weight excluding hydrogens is 461 g/mol. The van der Waals surface area contributed by atoms with Crippen LogP contribution in [0.5, 0.6) is 11.6 Å². The molecule has 32 heavy (non-hydrogen) atoms. The van der Waals surface area contributed by atoms with E-state index >= 15 is 0 Å². The van der Waals surface area contributed by atoms with Crippen molar-refractivity contribution in [2.24, 2.45) is 0 Å². The smallest absolute Gasteiger partial charge is 0.434 e. The molecule has 0 saturated heterocycles. The van der Waals surface area contributed by atoms with Gasteiger partial charge in [0.15, 0.2) is 22.2 Å². The van der Waals surface area contributed by atoms with Crippen LogP contribution in [-0.2, 0) is 12.8 Å². The number of methoxy groups -OCH3 is 1. The molecule has 0 atom stereocenters. The highest BCUT2D eigenvalue weighted by atomic mass is 32.1. The number of hydrogen-bond donors (Lipinski definition) is 0. The highest BCUT2D eigenvalue weighted by Gasteiger charge is 2.34. The van der Waals surface area contributed by atoms with E-state index in [-0.39, 0.29) is 23.3 Å². The second-order valence-corrected chi connectivity index (χ2v) is 8.14. The van der Waals surface area contributed by atoms with Gasteiger partial charge in [-0.15, -0.1) is 11.3 Å². The quantitative estimate of drug-likeness (QED) is 0.299. The minimum atomic E-state index is -4.56. The predicted molar refractivity (Wildman–Crippen MR) is 115 cm³/mol. The van der Waals surface area contributed by atoms with Crippen LogP contribution in [-0.4, -0.2) is 22.1 Å². The Morgan fingerprint density at radius 2 is 1.81 bits per heavy atom. The highest BCUT2D eigenvalue weighted by Crippen LogP contribution is 2.36. The van der Waals surface area contributed by atoms with E-state index in [0.29, 0.717) is 22.0 Å². The number of nitrogens with zero attached hydrogens (tertiary/aromatic N) is 4. The molecule has 3 heterocycles. The molecule has 0 N–H and O–H groups in total. The average Bonchev–Trinajstić information content (AvgIpc) is 3.48. The Kier molecular flexibility index (Phi) is 6.07. The minimum Gasteiger partial charge on any atom is -0.497 e. The summed E-state index contributed by atoms with van der Waals surface area (Å²) in [6.45, 7) is 7.32. The van der Waals surface area contributed by atoms with Crippen LogP contribution in [0.1, 0.15) is 11.3 Å². The first-order valence-corrected chi connectivity index (χ1v) is 10.8. The Morgan fingerprint density at radius 1 is 1.03 bits per heavy atom. The molecule has 0 radical (unpaired) electrons. The van der Waals surface area contributed by atoms with E-state index in [1.165, 1.54) is 11.3 Å². The number of benzene rings is 1. The second kappa shape index (κ2) is 8.94. The third-order valence-corrected chi connectivity index (χ3v) is 5.98. The van der Waals surface area contributed by atoms with E-state index in [1.54, 1.807) is 36.8 Å². The summed E-state index contributed by atoms with van der Waals surface area (Å²) in [5.74, 6) is 0.908. The molecule has 0 bridgehead atoms. The largest absolute Gasteiger partial charge is 0.497 e. The van der Waals surface area contributed by atoms with Crippen molar-refractivity contribution in [3.05, 3.63) is 69.8 Å². The van der Waals surface area contributed by atoms with Crippen molar-refractivity contribution in [2.75, 3.05) is 7.11 Å². The summed E-state index contributed by atoms with van der Waals surface area (Å²) in [4.78, 5) is 16.3. The Morgan fingerprint density at radius 3 is 2.44 bits per heavy atom. The first-order valence-electron chi connectivity index (χ1n) is 9.00. The Balaban J connectivity index is 1.68. The summed E-state index contributed by atoms with van der Waals surface area (Å²) in [6, 6.07) is 10.5. The molecule has 11 heteroatoms. The fourth-order valence-electron chi connectivity index (χ4n) is 2.63. The molecule has 4 aromatic rings. The molecule has 1 aromatic carbocycles.